The molecule has 2 heterocycles. The standard InChI is InChI=1S/C21H23F2N3O2S/c1-27-18-12-15(6-7-17(18)28-21(22)23)13-25-8-10-26(11-9-25)14-20-24-16-4-2-3-5-19(16)29-20/h2-7,12,21H,8-11,13-14H2,1H3. The molecule has 4 rings (SSSR count). The van der Waals surface area contributed by atoms with Gasteiger partial charge in [0.05, 0.1) is 23.9 Å². The van der Waals surface area contributed by atoms with E-state index in [1.165, 1.54) is 11.8 Å². The summed E-state index contributed by atoms with van der Waals surface area (Å²) in [5, 5.41) is 1.15. The Morgan fingerprint density at radius 2 is 1.72 bits per heavy atom. The van der Waals surface area contributed by atoms with E-state index in [0.717, 1.165) is 55.4 Å². The average molecular weight is 419 g/mol. The summed E-state index contributed by atoms with van der Waals surface area (Å²) in [6.07, 6.45) is 0. The zero-order valence-electron chi connectivity index (χ0n) is 16.2. The van der Waals surface area contributed by atoms with Gasteiger partial charge in [-0.3, -0.25) is 9.80 Å². The van der Waals surface area contributed by atoms with E-state index in [1.807, 2.05) is 18.2 Å². The molecule has 0 N–H and O–H groups in total. The van der Waals surface area contributed by atoms with Crippen molar-refractivity contribution in [3.8, 4) is 11.5 Å². The van der Waals surface area contributed by atoms with Gasteiger partial charge in [0, 0.05) is 32.7 Å². The van der Waals surface area contributed by atoms with Crippen molar-refractivity contribution in [2.45, 2.75) is 19.7 Å². The molecule has 5 nitrogen and oxygen atoms in total. The van der Waals surface area contributed by atoms with Gasteiger partial charge in [-0.15, -0.1) is 11.3 Å². The SMILES string of the molecule is COc1cc(CN2CCN(Cc3nc4ccccc4s3)CC2)ccc1OC(F)F. The van der Waals surface area contributed by atoms with Crippen LogP contribution in [0.5, 0.6) is 11.5 Å². The van der Waals surface area contributed by atoms with E-state index >= 15 is 0 Å². The van der Waals surface area contributed by atoms with E-state index in [2.05, 4.69) is 26.7 Å². The van der Waals surface area contributed by atoms with Crippen LogP contribution >= 0.6 is 11.3 Å². The van der Waals surface area contributed by atoms with Crippen molar-refractivity contribution >= 4 is 21.6 Å². The molecule has 0 radical (unpaired) electrons. The minimum Gasteiger partial charge on any atom is -0.493 e. The molecular weight excluding hydrogens is 396 g/mol. The van der Waals surface area contributed by atoms with Crippen LogP contribution in [0, 0.1) is 0 Å². The van der Waals surface area contributed by atoms with E-state index in [0.29, 0.717) is 5.75 Å². The molecule has 8 heteroatoms. The third-order valence-corrected chi connectivity index (χ3v) is 6.03. The largest absolute Gasteiger partial charge is 0.493 e. The molecule has 0 spiro atoms. The van der Waals surface area contributed by atoms with Gasteiger partial charge in [0.2, 0.25) is 0 Å². The Labute approximate surface area is 172 Å². The molecule has 1 aromatic heterocycles. The Hall–Kier alpha value is -2.29. The van der Waals surface area contributed by atoms with Gasteiger partial charge in [0.15, 0.2) is 11.5 Å². The highest BCUT2D eigenvalue weighted by Gasteiger charge is 2.19. The van der Waals surface area contributed by atoms with Gasteiger partial charge >= 0.3 is 6.61 Å². The quantitative estimate of drug-likeness (QED) is 0.573. The maximum absolute atomic E-state index is 12.5. The number of rotatable bonds is 7. The third kappa shape index (κ3) is 5.01. The van der Waals surface area contributed by atoms with Gasteiger partial charge in [0.25, 0.3) is 0 Å². The molecule has 0 amide bonds. The predicted octanol–water partition coefficient (Wildman–Crippen LogP) is 4.22. The lowest BCUT2D eigenvalue weighted by Crippen LogP contribution is -2.45. The summed E-state index contributed by atoms with van der Waals surface area (Å²) >= 11 is 1.76. The molecule has 1 aliphatic rings. The average Bonchev–Trinajstić information content (AvgIpc) is 3.12. The Morgan fingerprint density at radius 1 is 1.00 bits per heavy atom. The maximum atomic E-state index is 12.5. The topological polar surface area (TPSA) is 37.8 Å². The Bertz CT molecular complexity index is 925. The number of hydrogen-bond acceptors (Lipinski definition) is 6. The number of alkyl halides is 2. The van der Waals surface area contributed by atoms with Gasteiger partial charge in [-0.1, -0.05) is 18.2 Å². The predicted molar refractivity (Wildman–Crippen MR) is 110 cm³/mol. The number of ether oxygens (including phenoxy) is 2. The van der Waals surface area contributed by atoms with Crippen LogP contribution in [-0.2, 0) is 13.1 Å². The molecule has 1 fully saturated rings. The van der Waals surface area contributed by atoms with Crippen LogP contribution in [0.4, 0.5) is 8.78 Å². The fourth-order valence-electron chi connectivity index (χ4n) is 3.55. The van der Waals surface area contributed by atoms with E-state index in [9.17, 15) is 8.78 Å². The molecule has 0 saturated carbocycles. The molecule has 29 heavy (non-hydrogen) atoms. The van der Waals surface area contributed by atoms with Crippen LogP contribution in [0.2, 0.25) is 0 Å². The van der Waals surface area contributed by atoms with Crippen molar-refractivity contribution in [1.82, 2.24) is 14.8 Å². The molecule has 1 aliphatic heterocycles. The number of aromatic nitrogens is 1. The van der Waals surface area contributed by atoms with E-state index in [4.69, 9.17) is 9.72 Å². The summed E-state index contributed by atoms with van der Waals surface area (Å²) in [6, 6.07) is 13.4. The molecule has 0 atom stereocenters. The summed E-state index contributed by atoms with van der Waals surface area (Å²) in [7, 11) is 1.46. The molecule has 3 aromatic rings. The van der Waals surface area contributed by atoms with E-state index in [1.54, 1.807) is 23.5 Å². The van der Waals surface area contributed by atoms with E-state index < -0.39 is 6.61 Å². The number of benzene rings is 2. The van der Waals surface area contributed by atoms with Crippen molar-refractivity contribution in [3.63, 3.8) is 0 Å². The number of halogens is 2. The van der Waals surface area contributed by atoms with Crippen LogP contribution in [-0.4, -0.2) is 54.7 Å². The van der Waals surface area contributed by atoms with Crippen molar-refractivity contribution in [1.29, 1.82) is 0 Å². The fourth-order valence-corrected chi connectivity index (χ4v) is 4.56. The lowest BCUT2D eigenvalue weighted by Gasteiger charge is -2.34. The van der Waals surface area contributed by atoms with Crippen molar-refractivity contribution in [2.75, 3.05) is 33.3 Å². The van der Waals surface area contributed by atoms with Gasteiger partial charge < -0.3 is 9.47 Å². The van der Waals surface area contributed by atoms with E-state index in [-0.39, 0.29) is 5.75 Å². The van der Waals surface area contributed by atoms with Crippen LogP contribution in [0.25, 0.3) is 10.2 Å². The number of fused-ring (bicyclic) bond motifs is 1. The highest BCUT2D eigenvalue weighted by atomic mass is 32.1. The summed E-state index contributed by atoms with van der Waals surface area (Å²) in [5.41, 5.74) is 2.09. The number of piperazine rings is 1. The van der Waals surface area contributed by atoms with Crippen molar-refractivity contribution in [3.05, 3.63) is 53.0 Å². The lowest BCUT2D eigenvalue weighted by molar-refractivity contribution is -0.0512. The Balaban J connectivity index is 1.31. The zero-order chi connectivity index (χ0) is 20.2. The smallest absolute Gasteiger partial charge is 0.387 e. The zero-order valence-corrected chi connectivity index (χ0v) is 17.0. The van der Waals surface area contributed by atoms with Gasteiger partial charge in [-0.2, -0.15) is 8.78 Å². The minimum atomic E-state index is -2.86. The second-order valence-corrected chi connectivity index (χ2v) is 8.11. The second-order valence-electron chi connectivity index (χ2n) is 6.99. The maximum Gasteiger partial charge on any atom is 0.387 e. The fraction of sp³-hybridized carbons (Fsp3) is 0.381. The summed E-state index contributed by atoms with van der Waals surface area (Å²) in [4.78, 5) is 9.51. The van der Waals surface area contributed by atoms with Gasteiger partial charge in [-0.05, 0) is 29.8 Å². The molecule has 0 unspecified atom stereocenters. The summed E-state index contributed by atoms with van der Waals surface area (Å²) in [5.74, 6) is 0.393. The van der Waals surface area contributed by atoms with Crippen LogP contribution < -0.4 is 9.47 Å². The summed E-state index contributed by atoms with van der Waals surface area (Å²) in [6.45, 7) is 2.60. The highest BCUT2D eigenvalue weighted by Crippen LogP contribution is 2.30. The molecule has 1 saturated heterocycles. The first-order valence-electron chi connectivity index (χ1n) is 9.51. The Kier molecular flexibility index (Phi) is 6.22. The number of para-hydroxylation sites is 1. The molecule has 2 aromatic carbocycles. The summed E-state index contributed by atoms with van der Waals surface area (Å²) < 4.78 is 35.9. The molecular formula is C21H23F2N3O2S. The van der Waals surface area contributed by atoms with Crippen molar-refractivity contribution < 1.29 is 18.3 Å². The van der Waals surface area contributed by atoms with Crippen LogP contribution in [0.1, 0.15) is 10.6 Å². The highest BCUT2D eigenvalue weighted by molar-refractivity contribution is 7.18. The lowest BCUT2D eigenvalue weighted by atomic mass is 10.1. The van der Waals surface area contributed by atoms with Crippen molar-refractivity contribution in [2.24, 2.45) is 0 Å². The van der Waals surface area contributed by atoms with Crippen LogP contribution in [0.15, 0.2) is 42.5 Å². The number of thiazole rings is 1. The first kappa shape index (κ1) is 20.0. The minimum absolute atomic E-state index is 0.0619. The van der Waals surface area contributed by atoms with Gasteiger partial charge in [-0.25, -0.2) is 4.98 Å². The number of hydrogen-bond donors (Lipinski definition) is 0. The molecule has 154 valence electrons. The first-order chi connectivity index (χ1) is 14.1. The first-order valence-corrected chi connectivity index (χ1v) is 10.3. The monoisotopic (exact) mass is 419 g/mol. The number of methoxy groups -OCH3 is 1. The molecule has 0 aliphatic carbocycles. The molecule has 0 bridgehead atoms. The Morgan fingerprint density at radius 3 is 2.41 bits per heavy atom. The van der Waals surface area contributed by atoms with Crippen LogP contribution in [0.3, 0.4) is 0 Å². The number of nitrogens with zero attached hydrogens (tertiary/aromatic N) is 3. The third-order valence-electron chi connectivity index (χ3n) is 5.01. The second kappa shape index (κ2) is 9.02. The van der Waals surface area contributed by atoms with Gasteiger partial charge in [0.1, 0.15) is 5.01 Å². The normalized spacial score (nSPS) is 15.9.